The summed E-state index contributed by atoms with van der Waals surface area (Å²) in [4.78, 5) is 0. The van der Waals surface area contributed by atoms with Crippen LogP contribution in [-0.4, -0.2) is 0 Å². The van der Waals surface area contributed by atoms with Gasteiger partial charge in [0.05, 0.1) is 5.56 Å². The van der Waals surface area contributed by atoms with E-state index in [0.717, 1.165) is 23.4 Å². The molecule has 1 nitrogen and oxygen atoms in total. The van der Waals surface area contributed by atoms with Gasteiger partial charge in [0, 0.05) is 11.3 Å². The molecule has 0 saturated heterocycles. The molecule has 3 rings (SSSR count). The van der Waals surface area contributed by atoms with Gasteiger partial charge < -0.3 is 5.32 Å². The summed E-state index contributed by atoms with van der Waals surface area (Å²) < 4.78 is 38.0. The van der Waals surface area contributed by atoms with Gasteiger partial charge in [-0.25, -0.2) is 0 Å². The fourth-order valence-electron chi connectivity index (χ4n) is 2.45. The van der Waals surface area contributed by atoms with Crippen LogP contribution in [-0.2, 0) is 6.18 Å². The summed E-state index contributed by atoms with van der Waals surface area (Å²) in [5.41, 5.74) is 1.76. The van der Waals surface area contributed by atoms with Gasteiger partial charge in [0.1, 0.15) is 6.04 Å². The van der Waals surface area contributed by atoms with E-state index in [2.05, 4.69) is 17.2 Å². The Kier molecular flexibility index (Phi) is 5.28. The third-order valence-corrected chi connectivity index (χ3v) is 3.79. The van der Waals surface area contributed by atoms with Crippen LogP contribution in [0.4, 0.5) is 18.9 Å². The molecule has 1 unspecified atom stereocenters. The summed E-state index contributed by atoms with van der Waals surface area (Å²) >= 11 is 0. The molecule has 3 aromatic rings. The molecule has 26 heavy (non-hydrogen) atoms. The van der Waals surface area contributed by atoms with Crippen molar-refractivity contribution in [3.05, 3.63) is 102 Å². The average Bonchev–Trinajstić information content (AvgIpc) is 2.66. The van der Waals surface area contributed by atoms with E-state index in [4.69, 9.17) is 0 Å². The molecule has 4 heteroatoms. The first-order valence-electron chi connectivity index (χ1n) is 8.08. The summed E-state index contributed by atoms with van der Waals surface area (Å²) in [5, 5.41) is 3.35. The third-order valence-electron chi connectivity index (χ3n) is 3.79. The van der Waals surface area contributed by atoms with Gasteiger partial charge in [-0.05, 0) is 42.0 Å². The Morgan fingerprint density at radius 2 is 1.31 bits per heavy atom. The number of hydrogen-bond acceptors (Lipinski definition) is 1. The van der Waals surface area contributed by atoms with Crippen LogP contribution in [0.2, 0.25) is 0 Å². The molecule has 0 aromatic heterocycles. The van der Waals surface area contributed by atoms with Crippen LogP contribution in [0.25, 0.3) is 0 Å². The van der Waals surface area contributed by atoms with Crippen molar-refractivity contribution in [2.75, 3.05) is 5.32 Å². The second-order valence-corrected chi connectivity index (χ2v) is 5.70. The molecule has 1 atom stereocenters. The Bertz CT molecular complexity index is 889. The quantitative estimate of drug-likeness (QED) is 0.578. The number of halogens is 3. The van der Waals surface area contributed by atoms with E-state index in [0.29, 0.717) is 5.56 Å². The molecule has 0 saturated carbocycles. The van der Waals surface area contributed by atoms with Crippen LogP contribution < -0.4 is 5.32 Å². The Labute approximate surface area is 150 Å². The molecule has 0 radical (unpaired) electrons. The van der Waals surface area contributed by atoms with E-state index in [-0.39, 0.29) is 6.04 Å². The maximum atomic E-state index is 12.7. The van der Waals surface area contributed by atoms with Gasteiger partial charge in [0.25, 0.3) is 0 Å². The first-order valence-corrected chi connectivity index (χ1v) is 8.08. The molecular weight excluding hydrogens is 335 g/mol. The summed E-state index contributed by atoms with van der Waals surface area (Å²) in [6, 6.07) is 23.9. The molecular formula is C22H16F3N. The van der Waals surface area contributed by atoms with Gasteiger partial charge in [-0.2, -0.15) is 13.2 Å². The van der Waals surface area contributed by atoms with Crippen LogP contribution in [0, 0.1) is 11.8 Å². The number of para-hydroxylation sites is 1. The van der Waals surface area contributed by atoms with Gasteiger partial charge >= 0.3 is 6.18 Å². The second kappa shape index (κ2) is 7.79. The molecule has 0 fully saturated rings. The largest absolute Gasteiger partial charge is 0.416 e. The molecule has 3 aromatic carbocycles. The number of benzene rings is 3. The second-order valence-electron chi connectivity index (χ2n) is 5.70. The highest BCUT2D eigenvalue weighted by Crippen LogP contribution is 2.29. The highest BCUT2D eigenvalue weighted by molar-refractivity contribution is 5.49. The third kappa shape index (κ3) is 4.67. The summed E-state index contributed by atoms with van der Waals surface area (Å²) in [6.45, 7) is 0. The molecule has 1 N–H and O–H groups in total. The van der Waals surface area contributed by atoms with Crippen molar-refractivity contribution in [2.24, 2.45) is 0 Å². The highest BCUT2D eigenvalue weighted by atomic mass is 19.4. The molecule has 0 bridgehead atoms. The Morgan fingerprint density at radius 1 is 0.731 bits per heavy atom. The molecule has 0 spiro atoms. The van der Waals surface area contributed by atoms with Crippen LogP contribution in [0.5, 0.6) is 0 Å². The predicted octanol–water partition coefficient (Wildman–Crippen LogP) is 5.91. The SMILES string of the molecule is FC(F)(F)c1ccc(C#CC(Nc2ccccc2)c2ccccc2)cc1. The lowest BCUT2D eigenvalue weighted by molar-refractivity contribution is -0.137. The first kappa shape index (κ1) is 17.6. The maximum Gasteiger partial charge on any atom is 0.416 e. The van der Waals surface area contributed by atoms with E-state index in [1.807, 2.05) is 60.7 Å². The Morgan fingerprint density at radius 3 is 1.88 bits per heavy atom. The summed E-state index contributed by atoms with van der Waals surface area (Å²) in [6.07, 6.45) is -4.34. The van der Waals surface area contributed by atoms with Gasteiger partial charge in [-0.1, -0.05) is 60.4 Å². The fourth-order valence-corrected chi connectivity index (χ4v) is 2.45. The average molecular weight is 351 g/mol. The molecule has 0 aliphatic rings. The van der Waals surface area contributed by atoms with Crippen molar-refractivity contribution in [1.29, 1.82) is 0 Å². The lowest BCUT2D eigenvalue weighted by atomic mass is 10.1. The van der Waals surface area contributed by atoms with Crippen molar-refractivity contribution < 1.29 is 13.2 Å². The molecule has 0 aliphatic heterocycles. The van der Waals surface area contributed by atoms with E-state index in [1.54, 1.807) is 0 Å². The Hall–Kier alpha value is -3.19. The van der Waals surface area contributed by atoms with Crippen molar-refractivity contribution in [3.8, 4) is 11.8 Å². The van der Waals surface area contributed by atoms with Gasteiger partial charge in [0.2, 0.25) is 0 Å². The number of nitrogens with one attached hydrogen (secondary N) is 1. The van der Waals surface area contributed by atoms with Gasteiger partial charge in [0.15, 0.2) is 0 Å². The highest BCUT2D eigenvalue weighted by Gasteiger charge is 2.29. The minimum absolute atomic E-state index is 0.277. The van der Waals surface area contributed by atoms with Crippen LogP contribution in [0.1, 0.15) is 22.7 Å². The number of rotatable bonds is 3. The van der Waals surface area contributed by atoms with E-state index < -0.39 is 11.7 Å². The first-order chi connectivity index (χ1) is 12.5. The smallest absolute Gasteiger partial charge is 0.368 e. The standard InChI is InChI=1S/C22H16F3N/c23-22(24,25)19-14-11-17(12-15-19)13-16-21(18-7-3-1-4-8-18)26-20-9-5-2-6-10-20/h1-12,14-15,21,26H. The number of anilines is 1. The summed E-state index contributed by atoms with van der Waals surface area (Å²) in [7, 11) is 0. The maximum absolute atomic E-state index is 12.7. The van der Waals surface area contributed by atoms with Crippen molar-refractivity contribution >= 4 is 5.69 Å². The molecule has 0 heterocycles. The number of hydrogen-bond donors (Lipinski definition) is 1. The number of alkyl halides is 3. The topological polar surface area (TPSA) is 12.0 Å². The van der Waals surface area contributed by atoms with Gasteiger partial charge in [-0.15, -0.1) is 0 Å². The molecule has 130 valence electrons. The lowest BCUT2D eigenvalue weighted by Gasteiger charge is -2.15. The van der Waals surface area contributed by atoms with Crippen molar-refractivity contribution in [1.82, 2.24) is 0 Å². The molecule has 0 amide bonds. The zero-order valence-electron chi connectivity index (χ0n) is 13.8. The van der Waals surface area contributed by atoms with E-state index in [1.165, 1.54) is 12.1 Å². The van der Waals surface area contributed by atoms with Gasteiger partial charge in [-0.3, -0.25) is 0 Å². The van der Waals surface area contributed by atoms with Crippen LogP contribution >= 0.6 is 0 Å². The van der Waals surface area contributed by atoms with Crippen LogP contribution in [0.3, 0.4) is 0 Å². The zero-order valence-corrected chi connectivity index (χ0v) is 13.8. The predicted molar refractivity (Wildman–Crippen MR) is 97.6 cm³/mol. The van der Waals surface area contributed by atoms with E-state index >= 15 is 0 Å². The summed E-state index contributed by atoms with van der Waals surface area (Å²) in [5.74, 6) is 6.08. The van der Waals surface area contributed by atoms with Crippen molar-refractivity contribution in [3.63, 3.8) is 0 Å². The normalized spacial score (nSPS) is 12.0. The van der Waals surface area contributed by atoms with E-state index in [9.17, 15) is 13.2 Å². The van der Waals surface area contributed by atoms with Crippen LogP contribution in [0.15, 0.2) is 84.9 Å². The minimum Gasteiger partial charge on any atom is -0.368 e. The molecule has 0 aliphatic carbocycles. The lowest BCUT2D eigenvalue weighted by Crippen LogP contribution is -2.08. The fraction of sp³-hybridized carbons (Fsp3) is 0.0909. The minimum atomic E-state index is -4.34. The van der Waals surface area contributed by atoms with Crippen molar-refractivity contribution in [2.45, 2.75) is 12.2 Å². The Balaban J connectivity index is 1.86. The monoisotopic (exact) mass is 351 g/mol. The zero-order chi connectivity index (χ0) is 18.4.